The maximum absolute atomic E-state index is 10.6. The second-order valence-electron chi connectivity index (χ2n) is 1.96. The Balaban J connectivity index is 2.99. The average molecular weight is 174 g/mol. The monoisotopic (exact) mass is 173 g/mol. The fourth-order valence-corrected chi connectivity index (χ4v) is 0.862. The first-order valence-corrected chi connectivity index (χ1v) is 3.18. The minimum atomic E-state index is -1.17. The largest absolute Gasteiger partial charge is 0.478 e. The molecule has 0 aliphatic carbocycles. The molecule has 0 bridgehead atoms. The molecule has 0 saturated heterocycles. The Hall–Kier alpha value is -1.16. The van der Waals surface area contributed by atoms with E-state index in [4.69, 9.17) is 16.7 Å². The van der Waals surface area contributed by atoms with Gasteiger partial charge in [-0.3, -0.25) is 4.79 Å². The number of carboxylic acid groups (broad SMARTS) is 1. The maximum atomic E-state index is 10.6. The number of carbonyl (C=O) groups excluding carboxylic acids is 1. The van der Waals surface area contributed by atoms with E-state index in [1.807, 2.05) is 0 Å². The fraction of sp³-hybridized carbons (Fsp3) is 0.167. The van der Waals surface area contributed by atoms with E-state index in [-0.39, 0.29) is 17.0 Å². The van der Waals surface area contributed by atoms with Crippen molar-refractivity contribution in [3.05, 3.63) is 10.6 Å². The van der Waals surface area contributed by atoms with Crippen molar-refractivity contribution in [2.75, 3.05) is 0 Å². The van der Waals surface area contributed by atoms with Gasteiger partial charge in [0.1, 0.15) is 0 Å². The highest BCUT2D eigenvalue weighted by molar-refractivity contribution is 6.42. The van der Waals surface area contributed by atoms with Gasteiger partial charge >= 0.3 is 5.97 Å². The summed E-state index contributed by atoms with van der Waals surface area (Å²) in [5, 5.41) is 8.50. The molecule has 0 spiro atoms. The van der Waals surface area contributed by atoms with Gasteiger partial charge in [-0.25, -0.2) is 9.79 Å². The van der Waals surface area contributed by atoms with Gasteiger partial charge < -0.3 is 5.11 Å². The van der Waals surface area contributed by atoms with Crippen LogP contribution < -0.4 is 0 Å². The molecule has 0 aromatic rings. The third-order valence-electron chi connectivity index (χ3n) is 1.20. The van der Waals surface area contributed by atoms with Gasteiger partial charge in [0.25, 0.3) is 0 Å². The number of dihydropyridines is 1. The number of amides is 1. The molecule has 1 aliphatic rings. The maximum Gasteiger partial charge on any atom is 0.333 e. The van der Waals surface area contributed by atoms with Crippen molar-refractivity contribution in [2.24, 2.45) is 4.99 Å². The average Bonchev–Trinajstić information content (AvgIpc) is 1.94. The molecule has 0 radical (unpaired) electrons. The van der Waals surface area contributed by atoms with Gasteiger partial charge in [0, 0.05) is 6.21 Å². The number of aliphatic carboxylic acids is 1. The van der Waals surface area contributed by atoms with Crippen molar-refractivity contribution < 1.29 is 14.7 Å². The zero-order chi connectivity index (χ0) is 8.43. The molecule has 1 aliphatic heterocycles. The van der Waals surface area contributed by atoms with Gasteiger partial charge in [-0.05, 0) is 0 Å². The normalized spacial score (nSPS) is 17.4. The zero-order valence-corrected chi connectivity index (χ0v) is 6.13. The number of hydrogen-bond donors (Lipinski definition) is 1. The predicted octanol–water partition coefficient (Wildman–Crippen LogP) is 0.565. The molecule has 1 heterocycles. The summed E-state index contributed by atoms with van der Waals surface area (Å²) in [6, 6.07) is 0. The van der Waals surface area contributed by atoms with Crippen LogP contribution in [-0.4, -0.2) is 23.2 Å². The lowest BCUT2D eigenvalue weighted by Crippen LogP contribution is -2.12. The quantitative estimate of drug-likeness (QED) is 0.630. The second kappa shape index (κ2) is 2.84. The minimum Gasteiger partial charge on any atom is -0.478 e. The van der Waals surface area contributed by atoms with Gasteiger partial charge in [0.2, 0.25) is 5.91 Å². The first-order chi connectivity index (χ1) is 5.11. The van der Waals surface area contributed by atoms with E-state index in [1.165, 1.54) is 0 Å². The molecule has 0 unspecified atom stereocenters. The number of carboxylic acids is 1. The van der Waals surface area contributed by atoms with Gasteiger partial charge in [0.05, 0.1) is 17.0 Å². The third-order valence-corrected chi connectivity index (χ3v) is 1.52. The molecule has 4 nitrogen and oxygen atoms in total. The van der Waals surface area contributed by atoms with Crippen LogP contribution in [0.5, 0.6) is 0 Å². The summed E-state index contributed by atoms with van der Waals surface area (Å²) in [6.45, 7) is 0. The van der Waals surface area contributed by atoms with Crippen molar-refractivity contribution in [3.63, 3.8) is 0 Å². The van der Waals surface area contributed by atoms with Gasteiger partial charge in [-0.15, -0.1) is 0 Å². The molecule has 1 N–H and O–H groups in total. The second-order valence-corrected chi connectivity index (χ2v) is 2.37. The van der Waals surface area contributed by atoms with Crippen molar-refractivity contribution in [2.45, 2.75) is 6.42 Å². The van der Waals surface area contributed by atoms with E-state index in [2.05, 4.69) is 4.99 Å². The summed E-state index contributed by atoms with van der Waals surface area (Å²) in [4.78, 5) is 24.3. The Morgan fingerprint density at radius 1 is 1.73 bits per heavy atom. The van der Waals surface area contributed by atoms with E-state index in [0.717, 1.165) is 6.21 Å². The molecular formula is C6H4ClNO3. The van der Waals surface area contributed by atoms with Crippen LogP contribution in [0.25, 0.3) is 0 Å². The lowest BCUT2D eigenvalue weighted by atomic mass is 10.1. The molecule has 0 aromatic heterocycles. The Bertz CT molecular complexity index is 280. The third kappa shape index (κ3) is 1.65. The molecule has 0 saturated carbocycles. The van der Waals surface area contributed by atoms with Crippen molar-refractivity contribution in [1.82, 2.24) is 0 Å². The number of hydrogen-bond acceptors (Lipinski definition) is 2. The van der Waals surface area contributed by atoms with Crippen LogP contribution in [0.1, 0.15) is 6.42 Å². The summed E-state index contributed by atoms with van der Waals surface area (Å²) in [6.07, 6.45) is 0.835. The highest BCUT2D eigenvalue weighted by atomic mass is 35.5. The summed E-state index contributed by atoms with van der Waals surface area (Å²) in [5.74, 6) is -1.65. The predicted molar refractivity (Wildman–Crippen MR) is 38.6 cm³/mol. The highest BCUT2D eigenvalue weighted by Gasteiger charge is 2.19. The Morgan fingerprint density at radius 3 is 2.82 bits per heavy atom. The molecule has 0 atom stereocenters. The van der Waals surface area contributed by atoms with E-state index < -0.39 is 11.9 Å². The number of nitrogens with zero attached hydrogens (tertiary/aromatic N) is 1. The van der Waals surface area contributed by atoms with Crippen molar-refractivity contribution in [3.8, 4) is 0 Å². The number of allylic oxidation sites excluding steroid dienone is 1. The highest BCUT2D eigenvalue weighted by Crippen LogP contribution is 2.16. The van der Waals surface area contributed by atoms with Crippen LogP contribution in [0.4, 0.5) is 0 Å². The van der Waals surface area contributed by atoms with Crippen LogP contribution in [0.2, 0.25) is 0 Å². The Labute approximate surface area is 67.2 Å². The SMILES string of the molecule is O=C1CC(C(=O)O)=C(Cl)C=N1. The number of aliphatic imine (C=N–C) groups is 1. The first kappa shape index (κ1) is 7.94. The fourth-order valence-electron chi connectivity index (χ4n) is 0.666. The molecular weight excluding hydrogens is 170 g/mol. The van der Waals surface area contributed by atoms with E-state index in [1.54, 1.807) is 0 Å². The smallest absolute Gasteiger partial charge is 0.333 e. The topological polar surface area (TPSA) is 66.7 Å². The van der Waals surface area contributed by atoms with Crippen LogP contribution in [0, 0.1) is 0 Å². The van der Waals surface area contributed by atoms with Crippen LogP contribution in [0.3, 0.4) is 0 Å². The molecule has 0 fully saturated rings. The molecule has 11 heavy (non-hydrogen) atoms. The lowest BCUT2D eigenvalue weighted by molar-refractivity contribution is -0.133. The minimum absolute atomic E-state index is 0.0251. The Morgan fingerprint density at radius 2 is 2.36 bits per heavy atom. The van der Waals surface area contributed by atoms with Crippen molar-refractivity contribution in [1.29, 1.82) is 0 Å². The van der Waals surface area contributed by atoms with Crippen LogP contribution in [0.15, 0.2) is 15.6 Å². The van der Waals surface area contributed by atoms with E-state index in [9.17, 15) is 9.59 Å². The molecule has 5 heteroatoms. The number of halogens is 1. The van der Waals surface area contributed by atoms with Gasteiger partial charge in [0.15, 0.2) is 0 Å². The summed E-state index contributed by atoms with van der Waals surface area (Å²) in [5.41, 5.74) is -0.0910. The van der Waals surface area contributed by atoms with Gasteiger partial charge in [-0.2, -0.15) is 0 Å². The summed E-state index contributed by atoms with van der Waals surface area (Å²) < 4.78 is 0. The number of rotatable bonds is 1. The molecule has 1 amide bonds. The molecule has 1 rings (SSSR count). The number of carbonyl (C=O) groups is 2. The van der Waals surface area contributed by atoms with Crippen molar-refractivity contribution >= 4 is 29.7 Å². The summed E-state index contributed by atoms with van der Waals surface area (Å²) >= 11 is 5.44. The van der Waals surface area contributed by atoms with Gasteiger partial charge in [-0.1, -0.05) is 11.6 Å². The van der Waals surface area contributed by atoms with E-state index >= 15 is 0 Å². The molecule has 58 valence electrons. The van der Waals surface area contributed by atoms with E-state index in [0.29, 0.717) is 0 Å². The Kier molecular flexibility index (Phi) is 2.05. The first-order valence-electron chi connectivity index (χ1n) is 2.80. The standard InChI is InChI=1S/C6H4ClNO3/c7-4-2-8-5(9)1-3(4)6(10)11/h2H,1H2,(H,10,11). The zero-order valence-electron chi connectivity index (χ0n) is 5.37. The lowest BCUT2D eigenvalue weighted by Gasteiger charge is -2.04. The van der Waals surface area contributed by atoms with Crippen LogP contribution >= 0.6 is 11.6 Å². The van der Waals surface area contributed by atoms with Crippen LogP contribution in [-0.2, 0) is 9.59 Å². The summed E-state index contributed by atoms with van der Waals surface area (Å²) in [7, 11) is 0. The molecule has 0 aromatic carbocycles.